The fourth-order valence-electron chi connectivity index (χ4n) is 2.92. The summed E-state index contributed by atoms with van der Waals surface area (Å²) in [5.41, 5.74) is 1.17. The summed E-state index contributed by atoms with van der Waals surface area (Å²) in [5.74, 6) is 0.591. The van der Waals surface area contributed by atoms with Gasteiger partial charge in [0.15, 0.2) is 0 Å². The molecule has 0 aliphatic heterocycles. The monoisotopic (exact) mass is 274 g/mol. The van der Waals surface area contributed by atoms with E-state index in [1.54, 1.807) is 4.90 Å². The number of hydrogen-bond donors (Lipinski definition) is 1. The van der Waals surface area contributed by atoms with Gasteiger partial charge in [-0.2, -0.15) is 0 Å². The fourth-order valence-corrected chi connectivity index (χ4v) is 2.92. The predicted octanol–water partition coefficient (Wildman–Crippen LogP) is 3.97. The number of carbonyl (C=O) groups excluding carboxylic acids is 1. The molecule has 1 saturated carbocycles. The molecule has 1 aliphatic carbocycles. The molecule has 0 bridgehead atoms. The second-order valence-electron chi connectivity index (χ2n) is 6.02. The Morgan fingerprint density at radius 1 is 1.25 bits per heavy atom. The van der Waals surface area contributed by atoms with Crippen molar-refractivity contribution in [2.75, 3.05) is 7.05 Å². The molecule has 0 heterocycles. The van der Waals surface area contributed by atoms with Crippen LogP contribution in [0, 0.1) is 5.92 Å². The number of nitrogens with one attached hydrogen (secondary N) is 1. The lowest BCUT2D eigenvalue weighted by atomic mass is 9.86. The minimum absolute atomic E-state index is 0.0418. The highest BCUT2D eigenvalue weighted by atomic mass is 16.2. The van der Waals surface area contributed by atoms with Crippen molar-refractivity contribution in [2.24, 2.45) is 5.92 Å². The number of hydrogen-bond acceptors (Lipinski definition) is 1. The molecule has 20 heavy (non-hydrogen) atoms. The first-order chi connectivity index (χ1) is 9.59. The van der Waals surface area contributed by atoms with Gasteiger partial charge in [0.1, 0.15) is 0 Å². The summed E-state index contributed by atoms with van der Waals surface area (Å²) >= 11 is 0. The zero-order chi connectivity index (χ0) is 14.5. The van der Waals surface area contributed by atoms with Gasteiger partial charge in [-0.1, -0.05) is 50.1 Å². The third kappa shape index (κ3) is 3.53. The SMILES string of the molecule is C[C@@H]1CCCC[C@@H]1NC(=O)N(C)[C@H](C)c1ccccc1. The largest absolute Gasteiger partial charge is 0.335 e. The van der Waals surface area contributed by atoms with Gasteiger partial charge in [0, 0.05) is 13.1 Å². The van der Waals surface area contributed by atoms with Crippen LogP contribution >= 0.6 is 0 Å². The summed E-state index contributed by atoms with van der Waals surface area (Å²) in [4.78, 5) is 14.2. The zero-order valence-electron chi connectivity index (χ0n) is 12.8. The van der Waals surface area contributed by atoms with Crippen LogP contribution in [0.2, 0.25) is 0 Å². The van der Waals surface area contributed by atoms with E-state index in [0.29, 0.717) is 12.0 Å². The molecule has 0 spiro atoms. The number of nitrogens with zero attached hydrogens (tertiary/aromatic N) is 1. The molecule has 1 fully saturated rings. The Morgan fingerprint density at radius 2 is 1.90 bits per heavy atom. The molecule has 1 aliphatic rings. The summed E-state index contributed by atoms with van der Waals surface area (Å²) in [6.45, 7) is 4.31. The van der Waals surface area contributed by atoms with Gasteiger partial charge in [0.05, 0.1) is 6.04 Å². The summed E-state index contributed by atoms with van der Waals surface area (Å²) in [6, 6.07) is 10.6. The van der Waals surface area contributed by atoms with Crippen LogP contribution in [0.25, 0.3) is 0 Å². The lowest BCUT2D eigenvalue weighted by Crippen LogP contribution is -2.47. The molecule has 0 saturated heterocycles. The van der Waals surface area contributed by atoms with E-state index in [9.17, 15) is 4.79 Å². The molecular formula is C17H26N2O. The van der Waals surface area contributed by atoms with Gasteiger partial charge < -0.3 is 10.2 Å². The van der Waals surface area contributed by atoms with Crippen molar-refractivity contribution < 1.29 is 4.79 Å². The summed E-state index contributed by atoms with van der Waals surface area (Å²) < 4.78 is 0. The van der Waals surface area contributed by atoms with Gasteiger partial charge >= 0.3 is 6.03 Å². The summed E-state index contributed by atoms with van der Waals surface area (Å²) in [6.07, 6.45) is 4.86. The van der Waals surface area contributed by atoms with Gasteiger partial charge in [-0.05, 0) is 31.2 Å². The molecule has 3 atom stereocenters. The Balaban J connectivity index is 1.94. The maximum absolute atomic E-state index is 12.4. The van der Waals surface area contributed by atoms with Crippen molar-refractivity contribution >= 4 is 6.03 Å². The molecule has 2 rings (SSSR count). The molecule has 1 aromatic rings. The zero-order valence-corrected chi connectivity index (χ0v) is 12.8. The van der Waals surface area contributed by atoms with E-state index in [1.165, 1.54) is 24.8 Å². The molecule has 0 unspecified atom stereocenters. The summed E-state index contributed by atoms with van der Waals surface area (Å²) in [5, 5.41) is 3.21. The van der Waals surface area contributed by atoms with Crippen molar-refractivity contribution in [3.8, 4) is 0 Å². The van der Waals surface area contributed by atoms with Crippen molar-refractivity contribution in [1.82, 2.24) is 10.2 Å². The van der Waals surface area contributed by atoms with Gasteiger partial charge in [0.2, 0.25) is 0 Å². The van der Waals surface area contributed by atoms with E-state index >= 15 is 0 Å². The lowest BCUT2D eigenvalue weighted by molar-refractivity contribution is 0.179. The molecule has 2 amide bonds. The third-order valence-electron chi connectivity index (χ3n) is 4.60. The van der Waals surface area contributed by atoms with Crippen LogP contribution in [0.15, 0.2) is 30.3 Å². The Hall–Kier alpha value is -1.51. The topological polar surface area (TPSA) is 32.3 Å². The minimum atomic E-state index is 0.0418. The minimum Gasteiger partial charge on any atom is -0.335 e. The maximum Gasteiger partial charge on any atom is 0.317 e. The van der Waals surface area contributed by atoms with Crippen molar-refractivity contribution in [3.05, 3.63) is 35.9 Å². The average Bonchev–Trinajstić information content (AvgIpc) is 2.49. The molecule has 1 N–H and O–H groups in total. The number of rotatable bonds is 3. The average molecular weight is 274 g/mol. The van der Waals surface area contributed by atoms with E-state index in [1.807, 2.05) is 25.2 Å². The lowest BCUT2D eigenvalue weighted by Gasteiger charge is -2.33. The molecular weight excluding hydrogens is 248 g/mol. The predicted molar refractivity (Wildman–Crippen MR) is 82.6 cm³/mol. The van der Waals surface area contributed by atoms with E-state index in [-0.39, 0.29) is 12.1 Å². The molecule has 3 heteroatoms. The van der Waals surface area contributed by atoms with E-state index in [4.69, 9.17) is 0 Å². The van der Waals surface area contributed by atoms with Crippen LogP contribution in [-0.4, -0.2) is 24.0 Å². The fraction of sp³-hybridized carbons (Fsp3) is 0.588. The van der Waals surface area contributed by atoms with Crippen LogP contribution in [0.4, 0.5) is 4.79 Å². The first kappa shape index (κ1) is 14.9. The number of amides is 2. The second kappa shape index (κ2) is 6.78. The van der Waals surface area contributed by atoms with Crippen LogP contribution < -0.4 is 5.32 Å². The molecule has 0 radical (unpaired) electrons. The van der Waals surface area contributed by atoms with Crippen LogP contribution in [0.5, 0.6) is 0 Å². The number of benzene rings is 1. The highest BCUT2D eigenvalue weighted by molar-refractivity contribution is 5.74. The Kier molecular flexibility index (Phi) is 5.05. The third-order valence-corrected chi connectivity index (χ3v) is 4.60. The standard InChI is InChI=1S/C17H26N2O/c1-13-9-7-8-12-16(13)18-17(20)19(3)14(2)15-10-5-4-6-11-15/h4-6,10-11,13-14,16H,7-9,12H2,1-3H3,(H,18,20)/t13-,14-,16+/m1/s1. The first-order valence-corrected chi connectivity index (χ1v) is 7.68. The first-order valence-electron chi connectivity index (χ1n) is 7.68. The van der Waals surface area contributed by atoms with Crippen molar-refractivity contribution in [1.29, 1.82) is 0 Å². The molecule has 0 aromatic heterocycles. The van der Waals surface area contributed by atoms with E-state index < -0.39 is 0 Å². The summed E-state index contributed by atoms with van der Waals surface area (Å²) in [7, 11) is 1.88. The normalized spacial score (nSPS) is 23.9. The molecule has 110 valence electrons. The smallest absolute Gasteiger partial charge is 0.317 e. The Bertz CT molecular complexity index is 432. The Labute approximate surface area is 122 Å². The number of urea groups is 1. The number of carbonyl (C=O) groups is 1. The highest BCUT2D eigenvalue weighted by Gasteiger charge is 2.25. The van der Waals surface area contributed by atoms with Crippen molar-refractivity contribution in [2.45, 2.75) is 51.6 Å². The van der Waals surface area contributed by atoms with Crippen LogP contribution in [0.1, 0.15) is 51.1 Å². The quantitative estimate of drug-likeness (QED) is 0.888. The van der Waals surface area contributed by atoms with Gasteiger partial charge in [-0.3, -0.25) is 0 Å². The van der Waals surface area contributed by atoms with E-state index in [0.717, 1.165) is 6.42 Å². The second-order valence-corrected chi connectivity index (χ2v) is 6.02. The van der Waals surface area contributed by atoms with Crippen LogP contribution in [0.3, 0.4) is 0 Å². The van der Waals surface area contributed by atoms with Gasteiger partial charge in [-0.25, -0.2) is 4.79 Å². The molecule has 3 nitrogen and oxygen atoms in total. The Morgan fingerprint density at radius 3 is 2.55 bits per heavy atom. The highest BCUT2D eigenvalue weighted by Crippen LogP contribution is 2.24. The van der Waals surface area contributed by atoms with Crippen LogP contribution in [-0.2, 0) is 0 Å². The van der Waals surface area contributed by atoms with E-state index in [2.05, 4.69) is 31.3 Å². The maximum atomic E-state index is 12.4. The van der Waals surface area contributed by atoms with Gasteiger partial charge in [-0.15, -0.1) is 0 Å². The van der Waals surface area contributed by atoms with Gasteiger partial charge in [0.25, 0.3) is 0 Å². The van der Waals surface area contributed by atoms with Crippen molar-refractivity contribution in [3.63, 3.8) is 0 Å². The molecule has 1 aromatic carbocycles.